The van der Waals surface area contributed by atoms with Gasteiger partial charge in [-0.25, -0.2) is 0 Å². The highest BCUT2D eigenvalue weighted by molar-refractivity contribution is 6.30. The van der Waals surface area contributed by atoms with Crippen molar-refractivity contribution in [3.8, 4) is 6.07 Å². The van der Waals surface area contributed by atoms with Crippen LogP contribution in [0.1, 0.15) is 31.8 Å². The first-order chi connectivity index (χ1) is 12.6. The van der Waals surface area contributed by atoms with Gasteiger partial charge in [-0.2, -0.15) is 5.26 Å². The van der Waals surface area contributed by atoms with Crippen LogP contribution in [0.5, 0.6) is 0 Å². The van der Waals surface area contributed by atoms with E-state index in [2.05, 4.69) is 5.32 Å². The largest absolute Gasteiger partial charge is 0.322 e. The Hall–Kier alpha value is -3.42. The number of ketones is 1. The molecule has 4 nitrogen and oxygen atoms in total. The van der Waals surface area contributed by atoms with E-state index in [9.17, 15) is 9.59 Å². The van der Waals surface area contributed by atoms with Crippen molar-refractivity contribution < 1.29 is 9.59 Å². The molecule has 0 saturated carbocycles. The standard InChI is InChI=1S/C21H13ClN2O2/c22-16-10-8-15(9-11-16)20(25)18-6-1-2-7-19(18)21(26)24-17-5-3-4-14(12-17)13-23/h1-12H,(H,24,26). The van der Waals surface area contributed by atoms with E-state index in [0.717, 1.165) is 0 Å². The molecule has 0 aliphatic carbocycles. The molecule has 126 valence electrons. The number of halogens is 1. The molecule has 0 heterocycles. The molecule has 0 spiro atoms. The van der Waals surface area contributed by atoms with Crippen molar-refractivity contribution in [2.24, 2.45) is 0 Å². The van der Waals surface area contributed by atoms with Crippen molar-refractivity contribution in [3.05, 3.63) is 100 Å². The number of hydrogen-bond donors (Lipinski definition) is 1. The van der Waals surface area contributed by atoms with Crippen LogP contribution in [0.3, 0.4) is 0 Å². The lowest BCUT2D eigenvalue weighted by atomic mass is 9.98. The van der Waals surface area contributed by atoms with Gasteiger partial charge in [0.1, 0.15) is 0 Å². The number of anilines is 1. The summed E-state index contributed by atoms with van der Waals surface area (Å²) in [5, 5.41) is 12.2. The van der Waals surface area contributed by atoms with E-state index in [-0.39, 0.29) is 11.3 Å². The summed E-state index contributed by atoms with van der Waals surface area (Å²) in [7, 11) is 0. The minimum atomic E-state index is -0.419. The van der Waals surface area contributed by atoms with Crippen LogP contribution >= 0.6 is 11.6 Å². The normalized spacial score (nSPS) is 10.0. The number of benzene rings is 3. The molecular formula is C21H13ClN2O2. The Morgan fingerprint density at radius 3 is 2.27 bits per heavy atom. The average molecular weight is 361 g/mol. The van der Waals surface area contributed by atoms with Crippen LogP contribution < -0.4 is 5.32 Å². The molecule has 0 aliphatic rings. The van der Waals surface area contributed by atoms with Gasteiger partial charge in [0.15, 0.2) is 5.78 Å². The first-order valence-electron chi connectivity index (χ1n) is 7.79. The number of carbonyl (C=O) groups excluding carboxylic acids is 2. The zero-order valence-electron chi connectivity index (χ0n) is 13.6. The van der Waals surface area contributed by atoms with Gasteiger partial charge in [0, 0.05) is 21.8 Å². The average Bonchev–Trinajstić information content (AvgIpc) is 2.68. The van der Waals surface area contributed by atoms with E-state index in [1.165, 1.54) is 0 Å². The summed E-state index contributed by atoms with van der Waals surface area (Å²) < 4.78 is 0. The van der Waals surface area contributed by atoms with Gasteiger partial charge >= 0.3 is 0 Å². The van der Waals surface area contributed by atoms with Crippen molar-refractivity contribution in [1.82, 2.24) is 0 Å². The Labute approximate surface area is 155 Å². The minimum Gasteiger partial charge on any atom is -0.322 e. The fourth-order valence-electron chi connectivity index (χ4n) is 2.50. The zero-order valence-corrected chi connectivity index (χ0v) is 14.3. The Balaban J connectivity index is 1.91. The van der Waals surface area contributed by atoms with Crippen molar-refractivity contribution in [2.45, 2.75) is 0 Å². The molecule has 0 fully saturated rings. The molecule has 0 atom stereocenters. The van der Waals surface area contributed by atoms with E-state index < -0.39 is 5.91 Å². The summed E-state index contributed by atoms with van der Waals surface area (Å²) in [5.41, 5.74) is 1.93. The molecular weight excluding hydrogens is 348 g/mol. The molecule has 5 heteroatoms. The lowest BCUT2D eigenvalue weighted by Gasteiger charge is -2.10. The van der Waals surface area contributed by atoms with Crippen LogP contribution in [-0.2, 0) is 0 Å². The number of nitrogens with one attached hydrogen (secondary N) is 1. The highest BCUT2D eigenvalue weighted by atomic mass is 35.5. The van der Waals surface area contributed by atoms with Gasteiger partial charge in [-0.15, -0.1) is 0 Å². The molecule has 0 bridgehead atoms. The van der Waals surface area contributed by atoms with Gasteiger partial charge in [-0.1, -0.05) is 35.9 Å². The monoisotopic (exact) mass is 360 g/mol. The van der Waals surface area contributed by atoms with E-state index >= 15 is 0 Å². The van der Waals surface area contributed by atoms with Gasteiger partial charge in [-0.05, 0) is 48.5 Å². The number of rotatable bonds is 4. The smallest absolute Gasteiger partial charge is 0.256 e. The predicted molar refractivity (Wildman–Crippen MR) is 100 cm³/mol. The summed E-state index contributed by atoms with van der Waals surface area (Å²) in [6, 6.07) is 21.7. The highest BCUT2D eigenvalue weighted by Crippen LogP contribution is 2.19. The summed E-state index contributed by atoms with van der Waals surface area (Å²) in [4.78, 5) is 25.4. The highest BCUT2D eigenvalue weighted by Gasteiger charge is 2.18. The fraction of sp³-hybridized carbons (Fsp3) is 0. The Morgan fingerprint density at radius 2 is 1.58 bits per heavy atom. The molecule has 0 unspecified atom stereocenters. The first kappa shape index (κ1) is 17.4. The SMILES string of the molecule is N#Cc1cccc(NC(=O)c2ccccc2C(=O)c2ccc(Cl)cc2)c1. The van der Waals surface area contributed by atoms with Gasteiger partial charge < -0.3 is 5.32 Å². The molecule has 3 aromatic carbocycles. The number of nitriles is 1. The van der Waals surface area contributed by atoms with Gasteiger partial charge in [0.25, 0.3) is 5.91 Å². The fourth-order valence-corrected chi connectivity index (χ4v) is 2.63. The van der Waals surface area contributed by atoms with Crippen LogP contribution in [0.15, 0.2) is 72.8 Å². The third-order valence-electron chi connectivity index (χ3n) is 3.77. The van der Waals surface area contributed by atoms with E-state index in [1.807, 2.05) is 6.07 Å². The Kier molecular flexibility index (Phi) is 5.12. The second-order valence-electron chi connectivity index (χ2n) is 5.53. The third-order valence-corrected chi connectivity index (χ3v) is 4.02. The number of carbonyl (C=O) groups is 2. The molecule has 3 aromatic rings. The predicted octanol–water partition coefficient (Wildman–Crippen LogP) is 4.69. The van der Waals surface area contributed by atoms with Crippen molar-refractivity contribution >= 4 is 29.0 Å². The topological polar surface area (TPSA) is 70.0 Å². The van der Waals surface area contributed by atoms with Crippen molar-refractivity contribution in [3.63, 3.8) is 0 Å². The number of nitrogens with zero attached hydrogens (tertiary/aromatic N) is 1. The van der Waals surface area contributed by atoms with Crippen molar-refractivity contribution in [2.75, 3.05) is 5.32 Å². The van der Waals surface area contributed by atoms with Crippen LogP contribution in [0.2, 0.25) is 5.02 Å². The Bertz CT molecular complexity index is 1020. The van der Waals surface area contributed by atoms with E-state index in [4.69, 9.17) is 16.9 Å². The van der Waals surface area contributed by atoms with Crippen LogP contribution in [0.25, 0.3) is 0 Å². The van der Waals surface area contributed by atoms with Crippen molar-refractivity contribution in [1.29, 1.82) is 5.26 Å². The van der Waals surface area contributed by atoms with Crippen LogP contribution in [-0.4, -0.2) is 11.7 Å². The Morgan fingerprint density at radius 1 is 0.885 bits per heavy atom. The molecule has 0 radical (unpaired) electrons. The molecule has 0 aromatic heterocycles. The zero-order chi connectivity index (χ0) is 18.5. The number of amides is 1. The van der Waals surface area contributed by atoms with Crippen LogP contribution in [0.4, 0.5) is 5.69 Å². The summed E-state index contributed by atoms with van der Waals surface area (Å²) in [6.07, 6.45) is 0. The minimum absolute atomic E-state index is 0.259. The maximum absolute atomic E-state index is 12.8. The molecule has 1 amide bonds. The number of hydrogen-bond acceptors (Lipinski definition) is 3. The van der Waals surface area contributed by atoms with E-state index in [1.54, 1.807) is 72.8 Å². The van der Waals surface area contributed by atoms with Gasteiger partial charge in [-0.3, -0.25) is 9.59 Å². The second-order valence-corrected chi connectivity index (χ2v) is 5.96. The maximum Gasteiger partial charge on any atom is 0.256 e. The molecule has 0 saturated heterocycles. The summed E-state index contributed by atoms with van der Waals surface area (Å²) in [5.74, 6) is -0.684. The molecule has 26 heavy (non-hydrogen) atoms. The quantitative estimate of drug-likeness (QED) is 0.686. The summed E-state index contributed by atoms with van der Waals surface area (Å²) >= 11 is 5.86. The molecule has 3 rings (SSSR count). The summed E-state index contributed by atoms with van der Waals surface area (Å²) in [6.45, 7) is 0. The van der Waals surface area contributed by atoms with E-state index in [0.29, 0.717) is 27.4 Å². The third kappa shape index (κ3) is 3.80. The molecule has 1 N–H and O–H groups in total. The lowest BCUT2D eigenvalue weighted by molar-refractivity contribution is 0.0996. The lowest BCUT2D eigenvalue weighted by Crippen LogP contribution is -2.17. The molecule has 0 aliphatic heterocycles. The van der Waals surface area contributed by atoms with Gasteiger partial charge in [0.2, 0.25) is 0 Å². The van der Waals surface area contributed by atoms with Crippen LogP contribution in [0, 0.1) is 11.3 Å². The van der Waals surface area contributed by atoms with Gasteiger partial charge in [0.05, 0.1) is 17.2 Å². The second kappa shape index (κ2) is 7.64. The first-order valence-corrected chi connectivity index (χ1v) is 8.17. The maximum atomic E-state index is 12.8.